The molecule has 0 aliphatic rings. The highest BCUT2D eigenvalue weighted by atomic mass is 32.2. The Morgan fingerprint density at radius 3 is 2.37 bits per heavy atom. The maximum atomic E-state index is 12.8. The molecule has 12 heteroatoms. The van der Waals surface area contributed by atoms with Gasteiger partial charge in [-0.1, -0.05) is 6.92 Å². The van der Waals surface area contributed by atoms with Crippen molar-refractivity contribution in [1.82, 2.24) is 14.8 Å². The molecule has 1 amide bonds. The fourth-order valence-electron chi connectivity index (χ4n) is 1.95. The van der Waals surface area contributed by atoms with Gasteiger partial charge in [0.05, 0.1) is 5.56 Å². The van der Waals surface area contributed by atoms with Gasteiger partial charge in [0, 0.05) is 18.1 Å². The van der Waals surface area contributed by atoms with E-state index in [1.54, 1.807) is 6.92 Å². The summed E-state index contributed by atoms with van der Waals surface area (Å²) in [6, 6.07) is 2.37. The topological polar surface area (TPSA) is 60.1 Å². The molecule has 0 aliphatic heterocycles. The summed E-state index contributed by atoms with van der Waals surface area (Å²) in [4.78, 5) is 19.5. The van der Waals surface area contributed by atoms with Gasteiger partial charge in [0.15, 0.2) is 11.2 Å². The Morgan fingerprint density at radius 1 is 1.19 bits per heavy atom. The monoisotopic (exact) mass is 410 g/mol. The summed E-state index contributed by atoms with van der Waals surface area (Å²) in [5.41, 5.74) is -2.72. The van der Waals surface area contributed by atoms with Crippen molar-refractivity contribution in [3.63, 3.8) is 0 Å². The van der Waals surface area contributed by atoms with Gasteiger partial charge in [-0.05, 0) is 24.0 Å². The lowest BCUT2D eigenvalue weighted by molar-refractivity contribution is -0.142. The number of hydrogen-bond acceptors (Lipinski definition) is 4. The van der Waals surface area contributed by atoms with Crippen LogP contribution in [0.25, 0.3) is 0 Å². The highest BCUT2D eigenvalue weighted by Gasteiger charge is 2.33. The van der Waals surface area contributed by atoms with Crippen molar-refractivity contribution >= 4 is 17.7 Å². The summed E-state index contributed by atoms with van der Waals surface area (Å²) >= 11 is 0.967. The smallest absolute Gasteiger partial charge is 0.265 e. The minimum absolute atomic E-state index is 0.0244. The van der Waals surface area contributed by atoms with Gasteiger partial charge in [-0.2, -0.15) is 36.4 Å². The zero-order valence-corrected chi connectivity index (χ0v) is 14.7. The first-order chi connectivity index (χ1) is 12.4. The van der Waals surface area contributed by atoms with E-state index in [1.807, 2.05) is 0 Å². The fraction of sp³-hybridized carbons (Fsp3) is 0.333. The van der Waals surface area contributed by atoms with Crippen LogP contribution in [-0.2, 0) is 19.4 Å². The third kappa shape index (κ3) is 5.08. The molecule has 0 aliphatic carbocycles. The first-order valence-corrected chi connectivity index (χ1v) is 8.32. The number of carbonyl (C=O) groups is 1. The number of carbonyl (C=O) groups excluding carboxylic acids is 1. The molecule has 0 N–H and O–H groups in total. The van der Waals surface area contributed by atoms with Gasteiger partial charge in [0.2, 0.25) is 0 Å². The summed E-state index contributed by atoms with van der Waals surface area (Å²) in [5, 5.41) is 3.27. The lowest BCUT2D eigenvalue weighted by Crippen LogP contribution is -2.25. The van der Waals surface area contributed by atoms with Crippen LogP contribution in [-0.4, -0.2) is 26.4 Å². The summed E-state index contributed by atoms with van der Waals surface area (Å²) in [6.45, 7) is 1.68. The number of rotatable bonds is 3. The highest BCUT2D eigenvalue weighted by molar-refractivity contribution is 7.99. The Labute approximate surface area is 153 Å². The van der Waals surface area contributed by atoms with Crippen LogP contribution >= 0.6 is 11.8 Å². The molecule has 0 bridgehead atoms. The summed E-state index contributed by atoms with van der Waals surface area (Å²) in [5.74, 6) is -0.615. The lowest BCUT2D eigenvalue weighted by atomic mass is 10.2. The predicted octanol–water partition coefficient (Wildman–Crippen LogP) is 3.71. The number of aromatic nitrogens is 3. The molecule has 146 valence electrons. The minimum Gasteiger partial charge on any atom is -0.265 e. The van der Waals surface area contributed by atoms with Crippen LogP contribution in [0.4, 0.5) is 26.3 Å². The van der Waals surface area contributed by atoms with Crippen LogP contribution in [0.15, 0.2) is 34.3 Å². The van der Waals surface area contributed by atoms with E-state index in [0.717, 1.165) is 35.6 Å². The minimum atomic E-state index is -4.67. The summed E-state index contributed by atoms with van der Waals surface area (Å²) in [6.07, 6.45) is -8.79. The van der Waals surface area contributed by atoms with Crippen LogP contribution in [0.2, 0.25) is 0 Å². The van der Waals surface area contributed by atoms with Crippen LogP contribution in [0, 0.1) is 0 Å². The molecule has 0 spiro atoms. The standard InChI is InChI=1S/C15H12F6N4OS/c1-3-27-9-6-8(14(16,17)18)7-22-12(9)13(26)23-11-5-4-10(15(19,20)21)24-25(11)2/h4-7H,3H2,1-2H3. The molecule has 0 saturated carbocycles. The van der Waals surface area contributed by atoms with E-state index in [-0.39, 0.29) is 16.1 Å². The Balaban J connectivity index is 2.47. The van der Waals surface area contributed by atoms with Crippen LogP contribution in [0.5, 0.6) is 0 Å². The molecule has 27 heavy (non-hydrogen) atoms. The first-order valence-electron chi connectivity index (χ1n) is 7.34. The normalized spacial score (nSPS) is 13.1. The fourth-order valence-corrected chi connectivity index (χ4v) is 2.75. The van der Waals surface area contributed by atoms with Crippen molar-refractivity contribution in [2.24, 2.45) is 12.0 Å². The van der Waals surface area contributed by atoms with E-state index in [0.29, 0.717) is 18.0 Å². The average Bonchev–Trinajstić information content (AvgIpc) is 2.55. The van der Waals surface area contributed by atoms with E-state index >= 15 is 0 Å². The number of thioether (sulfide) groups is 1. The number of halogens is 6. The number of amides is 1. The van der Waals surface area contributed by atoms with Crippen LogP contribution in [0.3, 0.4) is 0 Å². The molecular formula is C15H12F6N4OS. The molecule has 5 nitrogen and oxygen atoms in total. The second-order valence-corrected chi connectivity index (χ2v) is 6.42. The predicted molar refractivity (Wildman–Crippen MR) is 83.7 cm³/mol. The van der Waals surface area contributed by atoms with Gasteiger partial charge in [-0.3, -0.25) is 9.48 Å². The Bertz CT molecular complexity index is 920. The number of hydrogen-bond donors (Lipinski definition) is 0. The van der Waals surface area contributed by atoms with E-state index in [4.69, 9.17) is 0 Å². The van der Waals surface area contributed by atoms with Gasteiger partial charge in [-0.15, -0.1) is 11.8 Å². The molecule has 2 aromatic heterocycles. The maximum absolute atomic E-state index is 12.8. The zero-order chi connectivity index (χ0) is 20.4. The lowest BCUT2D eigenvalue weighted by Gasteiger charge is -2.10. The van der Waals surface area contributed by atoms with E-state index in [9.17, 15) is 31.1 Å². The number of aryl methyl sites for hydroxylation is 1. The second-order valence-electron chi connectivity index (χ2n) is 5.12. The number of nitrogens with zero attached hydrogens (tertiary/aromatic N) is 4. The van der Waals surface area contributed by atoms with Crippen LogP contribution in [0.1, 0.15) is 28.7 Å². The molecule has 2 aromatic rings. The van der Waals surface area contributed by atoms with Crippen LogP contribution < -0.4 is 5.49 Å². The van der Waals surface area contributed by atoms with Gasteiger partial charge >= 0.3 is 12.4 Å². The van der Waals surface area contributed by atoms with Crippen molar-refractivity contribution in [2.45, 2.75) is 24.2 Å². The Morgan fingerprint density at radius 2 is 1.85 bits per heavy atom. The second kappa shape index (κ2) is 7.71. The average molecular weight is 410 g/mol. The van der Waals surface area contributed by atoms with Gasteiger partial charge in [0.1, 0.15) is 5.69 Å². The number of pyridine rings is 1. The van der Waals surface area contributed by atoms with Crippen molar-refractivity contribution in [3.8, 4) is 0 Å². The molecule has 2 rings (SSSR count). The molecule has 0 radical (unpaired) electrons. The van der Waals surface area contributed by atoms with Gasteiger partial charge < -0.3 is 0 Å². The molecule has 2 heterocycles. The summed E-state index contributed by atoms with van der Waals surface area (Å²) in [7, 11) is 1.16. The molecular weight excluding hydrogens is 398 g/mol. The van der Waals surface area contributed by atoms with E-state index in [2.05, 4.69) is 15.1 Å². The largest absolute Gasteiger partial charge is 0.435 e. The Kier molecular flexibility index (Phi) is 5.97. The van der Waals surface area contributed by atoms with Crippen molar-refractivity contribution in [3.05, 3.63) is 46.8 Å². The summed E-state index contributed by atoms with van der Waals surface area (Å²) < 4.78 is 77.1. The van der Waals surface area contributed by atoms with Gasteiger partial charge in [-0.25, -0.2) is 4.98 Å². The molecule has 0 unspecified atom stereocenters. The molecule has 0 aromatic carbocycles. The molecule has 0 fully saturated rings. The molecule has 0 atom stereocenters. The third-order valence-electron chi connectivity index (χ3n) is 3.17. The quantitative estimate of drug-likeness (QED) is 0.572. The van der Waals surface area contributed by atoms with E-state index < -0.39 is 29.5 Å². The SMILES string of the molecule is CCSc1cc(C(F)(F)F)cnc1C(=O)N=c1ccc(C(F)(F)F)nn1C. The molecule has 0 saturated heterocycles. The highest BCUT2D eigenvalue weighted by Crippen LogP contribution is 2.32. The third-order valence-corrected chi connectivity index (χ3v) is 4.08. The van der Waals surface area contributed by atoms with Crippen molar-refractivity contribution in [2.75, 3.05) is 5.75 Å². The van der Waals surface area contributed by atoms with Crippen molar-refractivity contribution in [1.29, 1.82) is 0 Å². The Hall–Kier alpha value is -2.37. The maximum Gasteiger partial charge on any atom is 0.435 e. The first kappa shape index (κ1) is 20.9. The zero-order valence-electron chi connectivity index (χ0n) is 13.9. The van der Waals surface area contributed by atoms with E-state index in [1.165, 1.54) is 0 Å². The van der Waals surface area contributed by atoms with Gasteiger partial charge in [0.25, 0.3) is 5.91 Å². The number of alkyl halides is 6. The van der Waals surface area contributed by atoms with Crippen molar-refractivity contribution < 1.29 is 31.1 Å².